The second-order valence-electron chi connectivity index (χ2n) is 5.89. The van der Waals surface area contributed by atoms with Crippen LogP contribution < -0.4 is 14.4 Å². The fourth-order valence-corrected chi connectivity index (χ4v) is 3.88. The van der Waals surface area contributed by atoms with Crippen LogP contribution in [0.1, 0.15) is 12.8 Å². The van der Waals surface area contributed by atoms with Crippen molar-refractivity contribution in [2.45, 2.75) is 25.0 Å². The maximum absolute atomic E-state index is 12.4. The van der Waals surface area contributed by atoms with Gasteiger partial charge < -0.3 is 14.8 Å². The highest BCUT2D eigenvalue weighted by Crippen LogP contribution is 2.37. The van der Waals surface area contributed by atoms with Gasteiger partial charge >= 0.3 is 0 Å². The molecule has 1 saturated heterocycles. The molecule has 2 heterocycles. The molecular formula is C15H19ClN2O5S. The summed E-state index contributed by atoms with van der Waals surface area (Å²) in [6.07, 6.45) is 2.06. The molecule has 1 aromatic rings. The Balaban J connectivity index is 1.76. The number of anilines is 1. The zero-order chi connectivity index (χ0) is 17.3. The number of carbonyl (C=O) groups is 1. The molecule has 24 heavy (non-hydrogen) atoms. The number of carbonyl (C=O) groups excluding carboxylic acids is 1. The van der Waals surface area contributed by atoms with Crippen LogP contribution in [-0.2, 0) is 19.6 Å². The lowest BCUT2D eigenvalue weighted by atomic mass is 10.2. The maximum Gasteiger partial charge on any atom is 0.263 e. The number of fused-ring (bicyclic) bond motifs is 1. The molecule has 1 aromatic carbocycles. The first-order chi connectivity index (χ1) is 11.3. The van der Waals surface area contributed by atoms with Gasteiger partial charge in [-0.1, -0.05) is 11.6 Å². The van der Waals surface area contributed by atoms with Gasteiger partial charge in [0.2, 0.25) is 10.0 Å². The van der Waals surface area contributed by atoms with Crippen LogP contribution in [0.25, 0.3) is 0 Å². The van der Waals surface area contributed by atoms with Crippen molar-refractivity contribution >= 4 is 33.2 Å². The summed E-state index contributed by atoms with van der Waals surface area (Å²) in [7, 11) is -3.56. The van der Waals surface area contributed by atoms with Crippen molar-refractivity contribution in [2.75, 3.05) is 30.3 Å². The summed E-state index contributed by atoms with van der Waals surface area (Å²) in [4.78, 5) is 12.4. The minimum absolute atomic E-state index is 0.00893. The van der Waals surface area contributed by atoms with Gasteiger partial charge in [0.25, 0.3) is 5.91 Å². The van der Waals surface area contributed by atoms with Gasteiger partial charge in [-0.2, -0.15) is 0 Å². The van der Waals surface area contributed by atoms with E-state index in [9.17, 15) is 13.2 Å². The quantitative estimate of drug-likeness (QED) is 0.854. The van der Waals surface area contributed by atoms with E-state index in [1.807, 2.05) is 0 Å². The van der Waals surface area contributed by atoms with Crippen molar-refractivity contribution in [3.05, 3.63) is 23.2 Å². The van der Waals surface area contributed by atoms with Crippen LogP contribution in [0.5, 0.6) is 5.75 Å². The normalized spacial score (nSPS) is 23.5. The number of ether oxygens (including phenoxy) is 2. The van der Waals surface area contributed by atoms with Crippen LogP contribution in [0, 0.1) is 0 Å². The van der Waals surface area contributed by atoms with Gasteiger partial charge in [-0.05, 0) is 31.0 Å². The van der Waals surface area contributed by atoms with Gasteiger partial charge in [0.05, 0.1) is 24.6 Å². The number of nitrogens with one attached hydrogen (secondary N) is 1. The molecule has 132 valence electrons. The SMILES string of the molecule is CS(=O)(=O)N1C[C@H](C(=O)NC[C@H]2CCCO2)Oc2ccc(Cl)cc21. The van der Waals surface area contributed by atoms with Gasteiger partial charge in [0.15, 0.2) is 6.10 Å². The molecule has 0 aromatic heterocycles. The molecule has 0 saturated carbocycles. The molecule has 0 unspecified atom stereocenters. The Hall–Kier alpha value is -1.51. The molecular weight excluding hydrogens is 356 g/mol. The van der Waals surface area contributed by atoms with Crippen LogP contribution in [0.15, 0.2) is 18.2 Å². The number of hydrogen-bond donors (Lipinski definition) is 1. The zero-order valence-electron chi connectivity index (χ0n) is 13.2. The number of amides is 1. The third kappa shape index (κ3) is 3.76. The number of rotatable bonds is 4. The Morgan fingerprint density at radius 3 is 2.92 bits per heavy atom. The average Bonchev–Trinajstić information content (AvgIpc) is 3.04. The Labute approximate surface area is 145 Å². The van der Waals surface area contributed by atoms with Crippen LogP contribution in [0.4, 0.5) is 5.69 Å². The number of sulfonamides is 1. The molecule has 0 radical (unpaired) electrons. The van der Waals surface area contributed by atoms with Gasteiger partial charge in [0.1, 0.15) is 5.75 Å². The molecule has 1 fully saturated rings. The second-order valence-corrected chi connectivity index (χ2v) is 8.24. The molecule has 1 amide bonds. The predicted molar refractivity (Wildman–Crippen MR) is 90.0 cm³/mol. The van der Waals surface area contributed by atoms with E-state index in [-0.39, 0.29) is 18.6 Å². The third-order valence-electron chi connectivity index (χ3n) is 4.01. The highest BCUT2D eigenvalue weighted by atomic mass is 35.5. The van der Waals surface area contributed by atoms with Crippen molar-refractivity contribution < 1.29 is 22.7 Å². The van der Waals surface area contributed by atoms with Crippen molar-refractivity contribution in [1.82, 2.24) is 5.32 Å². The summed E-state index contributed by atoms with van der Waals surface area (Å²) in [5, 5.41) is 3.17. The van der Waals surface area contributed by atoms with Gasteiger partial charge in [-0.3, -0.25) is 9.10 Å². The van der Waals surface area contributed by atoms with Gasteiger partial charge in [-0.15, -0.1) is 0 Å². The summed E-state index contributed by atoms with van der Waals surface area (Å²) in [5.41, 5.74) is 0.341. The topological polar surface area (TPSA) is 84.9 Å². The second kappa shape index (κ2) is 6.78. The zero-order valence-corrected chi connectivity index (χ0v) is 14.8. The van der Waals surface area contributed by atoms with E-state index in [4.69, 9.17) is 21.1 Å². The van der Waals surface area contributed by atoms with E-state index in [0.717, 1.165) is 23.4 Å². The molecule has 1 N–H and O–H groups in total. The molecule has 3 rings (SSSR count). The fraction of sp³-hybridized carbons (Fsp3) is 0.533. The summed E-state index contributed by atoms with van der Waals surface area (Å²) >= 11 is 5.94. The molecule has 7 nitrogen and oxygen atoms in total. The van der Waals surface area contributed by atoms with E-state index in [1.165, 1.54) is 6.07 Å². The smallest absolute Gasteiger partial charge is 0.263 e. The first-order valence-electron chi connectivity index (χ1n) is 7.68. The maximum atomic E-state index is 12.4. The van der Waals surface area contributed by atoms with Crippen LogP contribution in [0.2, 0.25) is 5.02 Å². The van der Waals surface area contributed by atoms with Crippen LogP contribution in [-0.4, -0.2) is 52.5 Å². The minimum Gasteiger partial charge on any atom is -0.476 e. The monoisotopic (exact) mass is 374 g/mol. The molecule has 2 aliphatic heterocycles. The van der Waals surface area contributed by atoms with Gasteiger partial charge in [-0.25, -0.2) is 8.42 Å². The summed E-state index contributed by atoms with van der Waals surface area (Å²) in [6.45, 7) is 1.00. The summed E-state index contributed by atoms with van der Waals surface area (Å²) < 4.78 is 36.4. The van der Waals surface area contributed by atoms with Crippen LogP contribution in [0.3, 0.4) is 0 Å². The number of nitrogens with zero attached hydrogens (tertiary/aromatic N) is 1. The van der Waals surface area contributed by atoms with Crippen molar-refractivity contribution in [3.63, 3.8) is 0 Å². The predicted octanol–water partition coefficient (Wildman–Crippen LogP) is 1.16. The highest BCUT2D eigenvalue weighted by Gasteiger charge is 2.35. The largest absolute Gasteiger partial charge is 0.476 e. The molecule has 9 heteroatoms. The first kappa shape index (κ1) is 17.3. The van der Waals surface area contributed by atoms with Crippen molar-refractivity contribution in [3.8, 4) is 5.75 Å². The molecule has 0 aliphatic carbocycles. The van der Waals surface area contributed by atoms with Crippen molar-refractivity contribution in [1.29, 1.82) is 0 Å². The minimum atomic E-state index is -3.56. The van der Waals surface area contributed by atoms with E-state index in [2.05, 4.69) is 5.32 Å². The number of halogens is 1. The fourth-order valence-electron chi connectivity index (χ4n) is 2.81. The average molecular weight is 375 g/mol. The Morgan fingerprint density at radius 2 is 2.25 bits per heavy atom. The Bertz CT molecular complexity index is 733. The Morgan fingerprint density at radius 1 is 1.46 bits per heavy atom. The highest BCUT2D eigenvalue weighted by molar-refractivity contribution is 7.92. The number of hydrogen-bond acceptors (Lipinski definition) is 5. The van der Waals surface area contributed by atoms with E-state index in [0.29, 0.717) is 29.6 Å². The number of benzene rings is 1. The summed E-state index contributed by atoms with van der Waals surface area (Å²) in [5.74, 6) is -0.0481. The lowest BCUT2D eigenvalue weighted by molar-refractivity contribution is -0.128. The van der Waals surface area contributed by atoms with E-state index >= 15 is 0 Å². The van der Waals surface area contributed by atoms with Gasteiger partial charge in [0, 0.05) is 18.2 Å². The molecule has 0 spiro atoms. The van der Waals surface area contributed by atoms with Crippen molar-refractivity contribution in [2.24, 2.45) is 0 Å². The molecule has 0 bridgehead atoms. The summed E-state index contributed by atoms with van der Waals surface area (Å²) in [6, 6.07) is 4.67. The standard InChI is InChI=1S/C15H19ClN2O5S/c1-24(20,21)18-9-14(15(19)17-8-11-3-2-6-22-11)23-13-5-4-10(16)7-12(13)18/h4-5,7,11,14H,2-3,6,8-9H2,1H3,(H,17,19)/t11-,14-/m1/s1. The third-order valence-corrected chi connectivity index (χ3v) is 5.39. The lowest BCUT2D eigenvalue weighted by Crippen LogP contribution is -2.51. The Kier molecular flexibility index (Phi) is 4.89. The van der Waals surface area contributed by atoms with Crippen LogP contribution >= 0.6 is 11.6 Å². The van der Waals surface area contributed by atoms with E-state index < -0.39 is 16.1 Å². The lowest BCUT2D eigenvalue weighted by Gasteiger charge is -2.34. The molecule has 2 aliphatic rings. The van der Waals surface area contributed by atoms with E-state index in [1.54, 1.807) is 12.1 Å². The molecule has 2 atom stereocenters. The first-order valence-corrected chi connectivity index (χ1v) is 9.90.